The first-order chi connectivity index (χ1) is 11.6. The van der Waals surface area contributed by atoms with Crippen LogP contribution in [0.1, 0.15) is 45.0 Å². The van der Waals surface area contributed by atoms with E-state index in [4.69, 9.17) is 14.5 Å². The Labute approximate surface area is 151 Å². The van der Waals surface area contributed by atoms with Crippen LogP contribution in [0.4, 0.5) is 0 Å². The topological polar surface area (TPSA) is 137 Å². The van der Waals surface area contributed by atoms with E-state index >= 15 is 0 Å². The molecule has 1 aromatic rings. The number of ether oxygens (including phenoxy) is 1. The second kappa shape index (κ2) is 6.17. The van der Waals surface area contributed by atoms with Crippen LogP contribution in [-0.2, 0) is 19.6 Å². The zero-order valence-corrected chi connectivity index (χ0v) is 16.2. The zero-order valence-electron chi connectivity index (χ0n) is 15.3. The molecule has 10 heteroatoms. The molecule has 0 radical (unpaired) electrons. The fourth-order valence-electron chi connectivity index (χ4n) is 3.23. The lowest BCUT2D eigenvalue weighted by atomic mass is 9.73. The molecule has 9 nitrogen and oxygen atoms in total. The summed E-state index contributed by atoms with van der Waals surface area (Å²) < 4.78 is 23.0. The number of rotatable bonds is 5. The third-order valence-corrected chi connectivity index (χ3v) is 5.98. The van der Waals surface area contributed by atoms with E-state index in [1.165, 1.54) is 45.4 Å². The van der Waals surface area contributed by atoms with Gasteiger partial charge in [-0.3, -0.25) is 9.32 Å². The van der Waals surface area contributed by atoms with Crippen molar-refractivity contribution in [3.8, 4) is 0 Å². The summed E-state index contributed by atoms with van der Waals surface area (Å²) in [5.41, 5.74) is -6.72. The average Bonchev–Trinajstić information content (AvgIpc) is 2.61. The summed E-state index contributed by atoms with van der Waals surface area (Å²) >= 11 is 0. The first-order valence-electron chi connectivity index (χ1n) is 7.95. The number of Topliss-reactive ketones (excluding diaryl/α,β-unsaturated/α-hetero) is 1. The van der Waals surface area contributed by atoms with Gasteiger partial charge in [0.05, 0.1) is 12.2 Å². The van der Waals surface area contributed by atoms with Gasteiger partial charge in [-0.05, 0) is 33.8 Å². The molecular weight excluding hydrogens is 365 g/mol. The highest BCUT2D eigenvalue weighted by Crippen LogP contribution is 2.53. The molecule has 2 heterocycles. The molecule has 4 atom stereocenters. The molecule has 1 fully saturated rings. The van der Waals surface area contributed by atoms with Gasteiger partial charge in [0.1, 0.15) is 11.2 Å². The molecule has 0 aliphatic carbocycles. The number of carbonyl (C=O) groups excluding carboxylic acids is 1. The van der Waals surface area contributed by atoms with Gasteiger partial charge in [-0.1, -0.05) is 0 Å². The molecular formula is C16H25NO8P+. The highest BCUT2D eigenvalue weighted by Gasteiger charge is 2.77. The van der Waals surface area contributed by atoms with Crippen LogP contribution in [0.5, 0.6) is 0 Å². The Bertz CT molecular complexity index is 773. The maximum atomic E-state index is 11.7. The molecule has 1 saturated heterocycles. The number of phosphoric acid groups is 1. The van der Waals surface area contributed by atoms with Gasteiger partial charge in [-0.2, -0.15) is 4.57 Å². The number of nitrogens with zero attached hydrogens (tertiary/aromatic N) is 1. The second-order valence-electron chi connectivity index (χ2n) is 7.28. The van der Waals surface area contributed by atoms with Crippen LogP contribution in [0.25, 0.3) is 0 Å². The Morgan fingerprint density at radius 3 is 2.31 bits per heavy atom. The van der Waals surface area contributed by atoms with E-state index < -0.39 is 37.0 Å². The van der Waals surface area contributed by atoms with E-state index in [9.17, 15) is 19.6 Å². The first-order valence-corrected chi connectivity index (χ1v) is 9.48. The lowest BCUT2D eigenvalue weighted by Crippen LogP contribution is -2.69. The van der Waals surface area contributed by atoms with Crippen molar-refractivity contribution in [3.63, 3.8) is 0 Å². The van der Waals surface area contributed by atoms with Gasteiger partial charge in [0.15, 0.2) is 23.8 Å². The largest absolute Gasteiger partial charge is 0.469 e. The number of hydrogen-bond acceptors (Lipinski definition) is 6. The van der Waals surface area contributed by atoms with Crippen molar-refractivity contribution >= 4 is 13.6 Å². The zero-order chi connectivity index (χ0) is 20.2. The fourth-order valence-corrected chi connectivity index (χ4v) is 3.65. The maximum absolute atomic E-state index is 11.7. The van der Waals surface area contributed by atoms with E-state index in [1.54, 1.807) is 18.3 Å². The number of ketones is 1. The molecule has 0 bridgehead atoms. The number of aromatic nitrogens is 1. The summed E-state index contributed by atoms with van der Waals surface area (Å²) in [6, 6.07) is 3.19. The predicted molar refractivity (Wildman–Crippen MR) is 89.0 cm³/mol. The highest BCUT2D eigenvalue weighted by atomic mass is 31.2. The second-order valence-corrected chi connectivity index (χ2v) is 8.52. The van der Waals surface area contributed by atoms with Crippen LogP contribution < -0.4 is 4.57 Å². The molecule has 1 aromatic heterocycles. The Kier molecular flexibility index (Phi) is 5.01. The minimum atomic E-state index is -4.82. The molecule has 2 rings (SSSR count). The fraction of sp³-hybridized carbons (Fsp3) is 0.625. The van der Waals surface area contributed by atoms with Crippen LogP contribution in [0, 0.1) is 0 Å². The van der Waals surface area contributed by atoms with E-state index in [0.29, 0.717) is 5.56 Å². The third kappa shape index (κ3) is 3.14. The van der Waals surface area contributed by atoms with Crippen LogP contribution in [0.15, 0.2) is 24.5 Å². The van der Waals surface area contributed by atoms with Gasteiger partial charge in [0.2, 0.25) is 0 Å². The molecule has 0 aromatic carbocycles. The molecule has 4 N–H and O–H groups in total. The van der Waals surface area contributed by atoms with Gasteiger partial charge in [-0.15, -0.1) is 0 Å². The Balaban J connectivity index is 2.55. The predicted octanol–water partition coefficient (Wildman–Crippen LogP) is 0.250. The Morgan fingerprint density at radius 1 is 1.23 bits per heavy atom. The molecule has 146 valence electrons. The summed E-state index contributed by atoms with van der Waals surface area (Å²) in [6.45, 7) is 6.28. The summed E-state index contributed by atoms with van der Waals surface area (Å²) in [6.07, 6.45) is 3.04. The van der Waals surface area contributed by atoms with E-state index in [2.05, 4.69) is 4.52 Å². The van der Waals surface area contributed by atoms with Gasteiger partial charge >= 0.3 is 13.5 Å². The number of aliphatic hydroxyl groups is 2. The van der Waals surface area contributed by atoms with Crippen LogP contribution in [0.3, 0.4) is 0 Å². The summed E-state index contributed by atoms with van der Waals surface area (Å²) in [7, 11) is -4.82. The first kappa shape index (κ1) is 21.1. The normalized spacial score (nSPS) is 37.7. The Morgan fingerprint density at radius 2 is 1.81 bits per heavy atom. The molecule has 0 saturated carbocycles. The molecule has 1 unspecified atom stereocenters. The summed E-state index contributed by atoms with van der Waals surface area (Å²) in [4.78, 5) is 29.6. The third-order valence-electron chi connectivity index (χ3n) is 5.51. The van der Waals surface area contributed by atoms with Crippen molar-refractivity contribution in [3.05, 3.63) is 30.1 Å². The van der Waals surface area contributed by atoms with E-state index in [-0.39, 0.29) is 5.78 Å². The summed E-state index contributed by atoms with van der Waals surface area (Å²) in [5, 5.41) is 22.2. The summed E-state index contributed by atoms with van der Waals surface area (Å²) in [5.74, 6) is -0.194. The van der Waals surface area contributed by atoms with Crippen LogP contribution >= 0.6 is 7.82 Å². The van der Waals surface area contributed by atoms with Crippen molar-refractivity contribution in [1.29, 1.82) is 0 Å². The number of hydrogen-bond donors (Lipinski definition) is 4. The Hall–Kier alpha value is -1.19. The highest BCUT2D eigenvalue weighted by molar-refractivity contribution is 7.46. The molecule has 1 aliphatic rings. The number of phosphoric ester groups is 1. The van der Waals surface area contributed by atoms with Gasteiger partial charge < -0.3 is 24.7 Å². The SMILES string of the molecule is CC(=O)c1ccc[n+]([C@]2(C)O[C@](C)(COP(=O)(O)O)[C@](C)(O)C2(C)O)c1. The standard InChI is InChI=1S/C16H24NO8P/c1-11(18)12-7-6-8-17(9-12)16(5)15(4,20)14(3,19)13(2,25-16)10-24-26(21,22)23/h6-9,19-20H,10H2,1-5H3,(H-,21,22,23)/p+1/t13-,14+,15?,16-/m1/s1. The number of carbonyl (C=O) groups is 1. The van der Waals surface area contributed by atoms with Gasteiger partial charge in [-0.25, -0.2) is 4.57 Å². The lowest BCUT2D eigenvalue weighted by Gasteiger charge is -2.39. The van der Waals surface area contributed by atoms with E-state index in [0.717, 1.165) is 0 Å². The lowest BCUT2D eigenvalue weighted by molar-refractivity contribution is -0.818. The van der Waals surface area contributed by atoms with Gasteiger partial charge in [0.25, 0.3) is 0 Å². The van der Waals surface area contributed by atoms with Crippen molar-refractivity contribution < 1.29 is 43.2 Å². The quantitative estimate of drug-likeness (QED) is 0.319. The maximum Gasteiger partial charge on any atom is 0.469 e. The molecule has 0 amide bonds. The minimum Gasteiger partial charge on any atom is -0.384 e. The minimum absolute atomic E-state index is 0.194. The molecule has 1 aliphatic heterocycles. The molecule has 0 spiro atoms. The van der Waals surface area contributed by atoms with Crippen molar-refractivity contribution in [2.45, 2.75) is 57.1 Å². The van der Waals surface area contributed by atoms with Crippen LogP contribution in [0.2, 0.25) is 0 Å². The van der Waals surface area contributed by atoms with Crippen molar-refractivity contribution in [2.24, 2.45) is 0 Å². The molecule has 26 heavy (non-hydrogen) atoms. The number of pyridine rings is 1. The smallest absolute Gasteiger partial charge is 0.384 e. The van der Waals surface area contributed by atoms with Crippen molar-refractivity contribution in [2.75, 3.05) is 6.61 Å². The monoisotopic (exact) mass is 390 g/mol. The van der Waals surface area contributed by atoms with Crippen molar-refractivity contribution in [1.82, 2.24) is 0 Å². The van der Waals surface area contributed by atoms with E-state index in [1.807, 2.05) is 0 Å². The van der Waals surface area contributed by atoms with Crippen LogP contribution in [-0.4, -0.2) is 49.2 Å². The average molecular weight is 390 g/mol. The van der Waals surface area contributed by atoms with Gasteiger partial charge in [0, 0.05) is 13.0 Å².